The molecular weight excluding hydrogens is 204 g/mol. The quantitative estimate of drug-likeness (QED) is 0.666. The van der Waals surface area contributed by atoms with E-state index in [0.29, 0.717) is 11.6 Å². The minimum atomic E-state index is 0.0461. The second kappa shape index (κ2) is 3.30. The van der Waals surface area contributed by atoms with Crippen molar-refractivity contribution in [3.8, 4) is 11.6 Å². The summed E-state index contributed by atoms with van der Waals surface area (Å²) in [6.07, 6.45) is 1.71. The molecule has 0 radical (unpaired) electrons. The van der Waals surface area contributed by atoms with Gasteiger partial charge >= 0.3 is 6.01 Å². The third-order valence-electron chi connectivity index (χ3n) is 2.32. The number of fused-ring (bicyclic) bond motifs is 1. The molecule has 5 nitrogen and oxygen atoms in total. The van der Waals surface area contributed by atoms with Crippen LogP contribution in [0.1, 0.15) is 0 Å². The van der Waals surface area contributed by atoms with Gasteiger partial charge in [0, 0.05) is 11.6 Å². The number of nitrogens with zero attached hydrogens (tertiary/aromatic N) is 3. The Kier molecular flexibility index (Phi) is 1.83. The second-order valence-electron chi connectivity index (χ2n) is 3.33. The largest absolute Gasteiger partial charge is 0.402 e. The Morgan fingerprint density at radius 1 is 1.06 bits per heavy atom. The average Bonchev–Trinajstić information content (AvgIpc) is 2.75. The number of benzene rings is 1. The van der Waals surface area contributed by atoms with Crippen molar-refractivity contribution in [1.82, 2.24) is 15.2 Å². The monoisotopic (exact) mass is 212 g/mol. The molecule has 5 heteroatoms. The average molecular weight is 212 g/mol. The number of nitrogens with two attached hydrogens (primary N) is 1. The van der Waals surface area contributed by atoms with Crippen molar-refractivity contribution < 1.29 is 4.42 Å². The number of nitrogen functional groups attached to an aromatic ring is 1. The number of rotatable bonds is 1. The maximum Gasteiger partial charge on any atom is 0.313 e. The lowest BCUT2D eigenvalue weighted by molar-refractivity contribution is 0.588. The molecule has 0 saturated heterocycles. The fourth-order valence-electron chi connectivity index (χ4n) is 1.62. The Balaban J connectivity index is 2.31. The van der Waals surface area contributed by atoms with Gasteiger partial charge in [0.25, 0.3) is 5.89 Å². The smallest absolute Gasteiger partial charge is 0.313 e. The third kappa shape index (κ3) is 1.30. The minimum Gasteiger partial charge on any atom is -0.402 e. The second-order valence-corrected chi connectivity index (χ2v) is 3.33. The third-order valence-corrected chi connectivity index (χ3v) is 2.32. The molecule has 16 heavy (non-hydrogen) atoms. The molecule has 0 aliphatic rings. The molecule has 1 aromatic carbocycles. The molecule has 3 aromatic rings. The predicted molar refractivity (Wildman–Crippen MR) is 59.4 cm³/mol. The van der Waals surface area contributed by atoms with E-state index in [2.05, 4.69) is 15.2 Å². The number of pyridine rings is 1. The van der Waals surface area contributed by atoms with Gasteiger partial charge in [0.15, 0.2) is 0 Å². The van der Waals surface area contributed by atoms with Gasteiger partial charge in [-0.05, 0) is 11.5 Å². The van der Waals surface area contributed by atoms with E-state index in [1.807, 2.05) is 30.3 Å². The summed E-state index contributed by atoms with van der Waals surface area (Å²) in [5.74, 6) is 0.342. The highest BCUT2D eigenvalue weighted by atomic mass is 16.4. The topological polar surface area (TPSA) is 77.8 Å². The van der Waals surface area contributed by atoms with Crippen LogP contribution in [-0.4, -0.2) is 15.2 Å². The predicted octanol–water partition coefficient (Wildman–Crippen LogP) is 1.87. The maximum absolute atomic E-state index is 5.39. The van der Waals surface area contributed by atoms with E-state index in [4.69, 9.17) is 10.2 Å². The van der Waals surface area contributed by atoms with E-state index < -0.39 is 0 Å². The molecule has 0 saturated carbocycles. The maximum atomic E-state index is 5.39. The fourth-order valence-corrected chi connectivity index (χ4v) is 1.62. The molecule has 2 N–H and O–H groups in total. The molecule has 0 atom stereocenters. The molecule has 0 spiro atoms. The van der Waals surface area contributed by atoms with Crippen LogP contribution >= 0.6 is 0 Å². The number of aromatic nitrogens is 3. The highest BCUT2D eigenvalue weighted by molar-refractivity contribution is 5.92. The lowest BCUT2D eigenvalue weighted by atomic mass is 10.1. The van der Waals surface area contributed by atoms with Gasteiger partial charge in [-0.2, -0.15) is 0 Å². The van der Waals surface area contributed by atoms with E-state index >= 15 is 0 Å². The minimum absolute atomic E-state index is 0.0461. The zero-order valence-corrected chi connectivity index (χ0v) is 8.29. The summed E-state index contributed by atoms with van der Waals surface area (Å²) in [5.41, 5.74) is 6.05. The highest BCUT2D eigenvalue weighted by Gasteiger charge is 2.10. The van der Waals surface area contributed by atoms with Crippen LogP contribution < -0.4 is 5.73 Å². The van der Waals surface area contributed by atoms with Crippen LogP contribution in [0.2, 0.25) is 0 Å². The molecule has 78 valence electrons. The van der Waals surface area contributed by atoms with Crippen LogP contribution in [0.3, 0.4) is 0 Å². The molecule has 2 heterocycles. The van der Waals surface area contributed by atoms with Gasteiger partial charge in [-0.3, -0.25) is 4.98 Å². The van der Waals surface area contributed by atoms with Crippen LogP contribution in [0.5, 0.6) is 0 Å². The first-order valence-corrected chi connectivity index (χ1v) is 4.78. The number of hydrogen-bond acceptors (Lipinski definition) is 5. The van der Waals surface area contributed by atoms with Crippen LogP contribution in [0, 0.1) is 0 Å². The van der Waals surface area contributed by atoms with Crippen molar-refractivity contribution >= 4 is 16.8 Å². The molecule has 0 amide bonds. The summed E-state index contributed by atoms with van der Waals surface area (Å²) >= 11 is 0. The van der Waals surface area contributed by atoms with Crippen molar-refractivity contribution in [2.45, 2.75) is 0 Å². The Bertz CT molecular complexity index is 642. The van der Waals surface area contributed by atoms with E-state index in [0.717, 1.165) is 10.8 Å². The van der Waals surface area contributed by atoms with E-state index in [9.17, 15) is 0 Å². The summed E-state index contributed by atoms with van der Waals surface area (Å²) in [6.45, 7) is 0. The molecule has 0 bridgehead atoms. The van der Waals surface area contributed by atoms with Crippen LogP contribution in [0.25, 0.3) is 22.4 Å². The first kappa shape index (κ1) is 8.84. The summed E-state index contributed by atoms with van der Waals surface area (Å²) in [7, 11) is 0. The molecular formula is C11H8N4O. The van der Waals surface area contributed by atoms with Crippen LogP contribution in [-0.2, 0) is 0 Å². The Morgan fingerprint density at radius 2 is 1.94 bits per heavy atom. The van der Waals surface area contributed by atoms with E-state index in [1.54, 1.807) is 6.20 Å². The van der Waals surface area contributed by atoms with Crippen LogP contribution in [0.4, 0.5) is 6.01 Å². The van der Waals surface area contributed by atoms with Crippen LogP contribution in [0.15, 0.2) is 40.9 Å². The van der Waals surface area contributed by atoms with Gasteiger partial charge in [-0.25, -0.2) is 0 Å². The van der Waals surface area contributed by atoms with Gasteiger partial charge < -0.3 is 10.2 Å². The Labute approximate surface area is 90.9 Å². The van der Waals surface area contributed by atoms with E-state index in [-0.39, 0.29) is 6.01 Å². The van der Waals surface area contributed by atoms with Crippen molar-refractivity contribution in [3.63, 3.8) is 0 Å². The molecule has 3 rings (SSSR count). The van der Waals surface area contributed by atoms with Crippen molar-refractivity contribution in [1.29, 1.82) is 0 Å². The fraction of sp³-hybridized carbons (Fsp3) is 0. The zero-order chi connectivity index (χ0) is 11.0. The highest BCUT2D eigenvalue weighted by Crippen LogP contribution is 2.25. The standard InChI is InChI=1S/C11H8N4O/c12-11-15-14-10(16-11)9-8-4-2-1-3-7(8)5-6-13-9/h1-6H,(H2,12,15). The lowest BCUT2D eigenvalue weighted by Crippen LogP contribution is -1.85. The summed E-state index contributed by atoms with van der Waals surface area (Å²) in [5, 5.41) is 9.49. The van der Waals surface area contributed by atoms with Crippen molar-refractivity contribution in [2.75, 3.05) is 5.73 Å². The normalized spacial score (nSPS) is 10.8. The molecule has 2 aromatic heterocycles. The first-order valence-electron chi connectivity index (χ1n) is 4.78. The van der Waals surface area contributed by atoms with Crippen molar-refractivity contribution in [3.05, 3.63) is 36.5 Å². The van der Waals surface area contributed by atoms with Gasteiger partial charge in [-0.15, -0.1) is 5.10 Å². The summed E-state index contributed by atoms with van der Waals surface area (Å²) in [6, 6.07) is 9.84. The van der Waals surface area contributed by atoms with E-state index in [1.165, 1.54) is 0 Å². The Hall–Kier alpha value is -2.43. The molecule has 0 aliphatic heterocycles. The first-order chi connectivity index (χ1) is 7.84. The molecule has 0 aliphatic carbocycles. The SMILES string of the molecule is Nc1nnc(-c2nccc3ccccc23)o1. The van der Waals surface area contributed by atoms with Gasteiger partial charge in [-0.1, -0.05) is 29.4 Å². The lowest BCUT2D eigenvalue weighted by Gasteiger charge is -2.00. The number of hydrogen-bond donors (Lipinski definition) is 1. The van der Waals surface area contributed by atoms with Gasteiger partial charge in [0.05, 0.1) is 0 Å². The number of anilines is 1. The summed E-state index contributed by atoms with van der Waals surface area (Å²) < 4.78 is 5.17. The summed E-state index contributed by atoms with van der Waals surface area (Å²) in [4.78, 5) is 4.24. The Morgan fingerprint density at radius 3 is 2.75 bits per heavy atom. The van der Waals surface area contributed by atoms with Crippen molar-refractivity contribution in [2.24, 2.45) is 0 Å². The molecule has 0 unspecified atom stereocenters. The molecule has 0 fully saturated rings. The van der Waals surface area contributed by atoms with Gasteiger partial charge in [0.2, 0.25) is 0 Å². The van der Waals surface area contributed by atoms with Gasteiger partial charge in [0.1, 0.15) is 5.69 Å². The zero-order valence-electron chi connectivity index (χ0n) is 8.29.